The van der Waals surface area contributed by atoms with Crippen molar-refractivity contribution < 1.29 is 13.2 Å². The van der Waals surface area contributed by atoms with E-state index in [2.05, 4.69) is 28.0 Å². The first-order valence-electron chi connectivity index (χ1n) is 7.01. The van der Waals surface area contributed by atoms with E-state index >= 15 is 0 Å². The molecular weight excluding hydrogens is 347 g/mol. The lowest BCUT2D eigenvalue weighted by atomic mass is 9.74. The summed E-state index contributed by atoms with van der Waals surface area (Å²) in [7, 11) is 0. The van der Waals surface area contributed by atoms with E-state index in [1.54, 1.807) is 0 Å². The molecule has 0 aromatic heterocycles. The van der Waals surface area contributed by atoms with Crippen LogP contribution >= 0.6 is 23.8 Å². The summed E-state index contributed by atoms with van der Waals surface area (Å²) in [5, 5.41) is 7.13. The van der Waals surface area contributed by atoms with Gasteiger partial charge in [0.1, 0.15) is 0 Å². The number of hydrazone groups is 1. The van der Waals surface area contributed by atoms with Crippen molar-refractivity contribution in [1.82, 2.24) is 5.43 Å². The fourth-order valence-electron chi connectivity index (χ4n) is 2.73. The van der Waals surface area contributed by atoms with Gasteiger partial charge in [0.05, 0.1) is 16.3 Å². The summed E-state index contributed by atoms with van der Waals surface area (Å²) in [4.78, 5) is 0. The molecule has 3 rings (SSSR count). The molecule has 0 radical (unpaired) electrons. The second-order valence-electron chi connectivity index (χ2n) is 5.50. The Hall–Kier alpha value is -1.60. The standard InChI is InChI=1S/C15H13ClF3N3S/c16-11-5-4-9(15(17,18)19)7-13(11)20-14(23)22-21-12-6-8-2-1-3-10(8)12/h1-2,4-5,7-8,10H,3,6H2,(H2,20,22,23)/b21-12-/t8-,10-/m1/s1. The van der Waals surface area contributed by atoms with Crippen LogP contribution < -0.4 is 10.7 Å². The molecule has 8 heteroatoms. The van der Waals surface area contributed by atoms with Gasteiger partial charge >= 0.3 is 6.18 Å². The Labute approximate surface area is 141 Å². The second-order valence-corrected chi connectivity index (χ2v) is 6.32. The molecular formula is C15H13ClF3N3S. The third kappa shape index (κ3) is 3.50. The molecule has 0 aliphatic heterocycles. The number of hydrogen-bond acceptors (Lipinski definition) is 2. The van der Waals surface area contributed by atoms with Gasteiger partial charge in [-0.2, -0.15) is 18.3 Å². The number of rotatable bonds is 2. The van der Waals surface area contributed by atoms with Gasteiger partial charge < -0.3 is 5.32 Å². The number of nitrogens with zero attached hydrogens (tertiary/aromatic N) is 1. The molecule has 2 atom stereocenters. The minimum atomic E-state index is -4.44. The molecule has 1 saturated carbocycles. The van der Waals surface area contributed by atoms with Gasteiger partial charge in [0.15, 0.2) is 5.11 Å². The van der Waals surface area contributed by atoms with Crippen LogP contribution in [0.25, 0.3) is 0 Å². The second kappa shape index (κ2) is 6.13. The summed E-state index contributed by atoms with van der Waals surface area (Å²) in [6.07, 6.45) is 1.75. The maximum Gasteiger partial charge on any atom is 0.416 e. The van der Waals surface area contributed by atoms with Crippen LogP contribution in [-0.2, 0) is 6.18 Å². The number of hydrogen-bond donors (Lipinski definition) is 2. The first-order chi connectivity index (χ1) is 10.8. The van der Waals surface area contributed by atoms with Crippen LogP contribution in [0.2, 0.25) is 5.02 Å². The molecule has 0 saturated heterocycles. The SMILES string of the molecule is FC(F)(F)c1ccc(Cl)c(NC(=S)N/N=C2/C[C@H]3C=CC[C@@H]23)c1. The number of thiocarbonyl (C=S) groups is 1. The van der Waals surface area contributed by atoms with Crippen molar-refractivity contribution in [3.63, 3.8) is 0 Å². The van der Waals surface area contributed by atoms with E-state index in [-0.39, 0.29) is 15.8 Å². The molecule has 1 aromatic carbocycles. The Kier molecular flexibility index (Phi) is 4.33. The van der Waals surface area contributed by atoms with E-state index in [1.807, 2.05) is 0 Å². The molecule has 0 unspecified atom stereocenters. The van der Waals surface area contributed by atoms with Crippen LogP contribution in [0.4, 0.5) is 18.9 Å². The number of benzene rings is 1. The van der Waals surface area contributed by atoms with E-state index < -0.39 is 11.7 Å². The van der Waals surface area contributed by atoms with Gasteiger partial charge in [-0.15, -0.1) is 0 Å². The van der Waals surface area contributed by atoms with Crippen molar-refractivity contribution in [2.45, 2.75) is 19.0 Å². The Balaban J connectivity index is 1.63. The molecule has 2 aliphatic rings. The van der Waals surface area contributed by atoms with Crippen molar-refractivity contribution in [2.75, 3.05) is 5.32 Å². The summed E-state index contributed by atoms with van der Waals surface area (Å²) in [6, 6.07) is 3.03. The lowest BCUT2D eigenvalue weighted by molar-refractivity contribution is -0.137. The molecule has 0 spiro atoms. The van der Waals surface area contributed by atoms with E-state index in [9.17, 15) is 13.2 Å². The zero-order valence-corrected chi connectivity index (χ0v) is 13.4. The predicted molar refractivity (Wildman–Crippen MR) is 88.6 cm³/mol. The van der Waals surface area contributed by atoms with Crippen LogP contribution in [0.15, 0.2) is 35.5 Å². The van der Waals surface area contributed by atoms with Crippen LogP contribution in [0.3, 0.4) is 0 Å². The maximum absolute atomic E-state index is 12.7. The Morgan fingerprint density at radius 1 is 1.35 bits per heavy atom. The lowest BCUT2D eigenvalue weighted by Gasteiger charge is -2.31. The van der Waals surface area contributed by atoms with Crippen molar-refractivity contribution in [1.29, 1.82) is 0 Å². The summed E-state index contributed by atoms with van der Waals surface area (Å²) in [6.45, 7) is 0. The van der Waals surface area contributed by atoms with E-state index in [0.717, 1.165) is 30.7 Å². The Morgan fingerprint density at radius 3 is 2.83 bits per heavy atom. The first kappa shape index (κ1) is 16.3. The molecule has 122 valence electrons. The van der Waals surface area contributed by atoms with Crippen molar-refractivity contribution in [2.24, 2.45) is 16.9 Å². The fourth-order valence-corrected chi connectivity index (χ4v) is 3.05. The molecule has 0 bridgehead atoms. The maximum atomic E-state index is 12.7. The highest BCUT2D eigenvalue weighted by atomic mass is 35.5. The summed E-state index contributed by atoms with van der Waals surface area (Å²) in [5.41, 5.74) is 3.00. The number of fused-ring (bicyclic) bond motifs is 1. The van der Waals surface area contributed by atoms with Gasteiger partial charge in [0, 0.05) is 11.6 Å². The Bertz CT molecular complexity index is 700. The topological polar surface area (TPSA) is 36.4 Å². The third-order valence-corrected chi connectivity index (χ3v) is 4.53. The lowest BCUT2D eigenvalue weighted by Crippen LogP contribution is -2.36. The van der Waals surface area contributed by atoms with Crippen molar-refractivity contribution >= 4 is 40.3 Å². The van der Waals surface area contributed by atoms with Gasteiger partial charge in [-0.25, -0.2) is 0 Å². The molecule has 2 N–H and O–H groups in total. The fraction of sp³-hybridized carbons (Fsp3) is 0.333. The highest BCUT2D eigenvalue weighted by Gasteiger charge is 2.38. The van der Waals surface area contributed by atoms with E-state index in [4.69, 9.17) is 23.8 Å². The average molecular weight is 360 g/mol. The largest absolute Gasteiger partial charge is 0.416 e. The smallest absolute Gasteiger partial charge is 0.330 e. The average Bonchev–Trinajstić information content (AvgIpc) is 2.82. The van der Waals surface area contributed by atoms with Gasteiger partial charge in [0.25, 0.3) is 0 Å². The van der Waals surface area contributed by atoms with Gasteiger partial charge in [-0.1, -0.05) is 23.8 Å². The molecule has 1 aromatic rings. The van der Waals surface area contributed by atoms with E-state index in [1.165, 1.54) is 6.07 Å². The summed E-state index contributed by atoms with van der Waals surface area (Å²) >= 11 is 11.0. The number of halogens is 4. The third-order valence-electron chi connectivity index (χ3n) is 4.01. The van der Waals surface area contributed by atoms with Crippen molar-refractivity contribution in [3.8, 4) is 0 Å². The first-order valence-corrected chi connectivity index (χ1v) is 7.80. The van der Waals surface area contributed by atoms with Crippen LogP contribution in [0, 0.1) is 11.8 Å². The minimum absolute atomic E-state index is 0.0909. The number of alkyl halides is 3. The van der Waals surface area contributed by atoms with Gasteiger partial charge in [-0.3, -0.25) is 5.43 Å². The molecule has 0 heterocycles. The molecule has 23 heavy (non-hydrogen) atoms. The normalized spacial score (nSPS) is 24.3. The quantitative estimate of drug-likeness (QED) is 0.460. The summed E-state index contributed by atoms with van der Waals surface area (Å²) < 4.78 is 38.2. The van der Waals surface area contributed by atoms with Crippen LogP contribution in [0.5, 0.6) is 0 Å². The molecule has 1 fully saturated rings. The van der Waals surface area contributed by atoms with Crippen molar-refractivity contribution in [3.05, 3.63) is 40.9 Å². The van der Waals surface area contributed by atoms with Gasteiger partial charge in [-0.05, 0) is 49.2 Å². The van der Waals surface area contributed by atoms with E-state index in [0.29, 0.717) is 11.8 Å². The van der Waals surface area contributed by atoms with Gasteiger partial charge in [0.2, 0.25) is 0 Å². The molecule has 0 amide bonds. The van der Waals surface area contributed by atoms with Crippen LogP contribution in [-0.4, -0.2) is 10.8 Å². The number of nitrogens with one attached hydrogen (secondary N) is 2. The zero-order chi connectivity index (χ0) is 16.6. The highest BCUT2D eigenvalue weighted by Crippen LogP contribution is 2.40. The summed E-state index contributed by atoms with van der Waals surface area (Å²) in [5.74, 6) is 0.998. The zero-order valence-electron chi connectivity index (χ0n) is 11.8. The molecule has 2 aliphatic carbocycles. The van der Waals surface area contributed by atoms with Crippen LogP contribution in [0.1, 0.15) is 18.4 Å². The molecule has 3 nitrogen and oxygen atoms in total. The highest BCUT2D eigenvalue weighted by molar-refractivity contribution is 7.80. The monoisotopic (exact) mass is 359 g/mol. The number of allylic oxidation sites excluding steroid dienone is 2. The predicted octanol–water partition coefficient (Wildman–Crippen LogP) is 4.60. The number of anilines is 1. The Morgan fingerprint density at radius 2 is 2.13 bits per heavy atom. The minimum Gasteiger partial charge on any atom is -0.330 e.